The lowest BCUT2D eigenvalue weighted by atomic mass is 10.3. The molecule has 0 aliphatic carbocycles. The van der Waals surface area contributed by atoms with E-state index in [0.717, 1.165) is 10.7 Å². The maximum absolute atomic E-state index is 12.7. The molecule has 0 bridgehead atoms. The third-order valence-electron chi connectivity index (χ3n) is 3.02. The van der Waals surface area contributed by atoms with Crippen LogP contribution in [-0.2, 0) is 11.3 Å². The molecular formula is C15H14FN3O2S. The van der Waals surface area contributed by atoms with Crippen LogP contribution in [0.5, 0.6) is 5.75 Å². The number of amides is 1. The second-order valence-corrected chi connectivity index (χ2v) is 5.53. The van der Waals surface area contributed by atoms with Crippen LogP contribution in [0.1, 0.15) is 12.1 Å². The zero-order valence-electron chi connectivity index (χ0n) is 11.7. The molecule has 1 N–H and O–H groups in total. The summed E-state index contributed by atoms with van der Waals surface area (Å²) in [6, 6.07) is 5.70. The van der Waals surface area contributed by atoms with E-state index in [4.69, 9.17) is 4.74 Å². The first kappa shape index (κ1) is 14.5. The Hall–Kier alpha value is -2.41. The van der Waals surface area contributed by atoms with Gasteiger partial charge in [-0.15, -0.1) is 11.3 Å². The second kappa shape index (κ2) is 6.57. The molecule has 0 radical (unpaired) electrons. The first-order chi connectivity index (χ1) is 10.7. The van der Waals surface area contributed by atoms with Gasteiger partial charge in [0.2, 0.25) is 5.91 Å². The average molecular weight is 319 g/mol. The third kappa shape index (κ3) is 3.62. The van der Waals surface area contributed by atoms with Crippen molar-refractivity contribution in [3.8, 4) is 5.75 Å². The summed E-state index contributed by atoms with van der Waals surface area (Å²) in [5.74, 6) is 0.118. The number of halogens is 1. The second-order valence-electron chi connectivity index (χ2n) is 4.65. The van der Waals surface area contributed by atoms with E-state index < -0.39 is 0 Å². The van der Waals surface area contributed by atoms with Gasteiger partial charge in [-0.05, 0) is 24.3 Å². The molecule has 0 aliphatic heterocycles. The van der Waals surface area contributed by atoms with Crippen LogP contribution < -0.4 is 10.1 Å². The molecule has 0 unspecified atom stereocenters. The van der Waals surface area contributed by atoms with E-state index in [0.29, 0.717) is 12.3 Å². The van der Waals surface area contributed by atoms with Gasteiger partial charge in [0.1, 0.15) is 11.6 Å². The predicted octanol–water partition coefficient (Wildman–Crippen LogP) is 2.62. The monoisotopic (exact) mass is 319 g/mol. The van der Waals surface area contributed by atoms with Gasteiger partial charge < -0.3 is 10.1 Å². The predicted molar refractivity (Wildman–Crippen MR) is 81.4 cm³/mol. The van der Waals surface area contributed by atoms with E-state index in [2.05, 4.69) is 10.3 Å². The number of nitrogens with one attached hydrogen (secondary N) is 1. The fraction of sp³-hybridized carbons (Fsp3) is 0.200. The van der Waals surface area contributed by atoms with Crippen molar-refractivity contribution < 1.29 is 13.9 Å². The lowest BCUT2D eigenvalue weighted by Crippen LogP contribution is -2.24. The molecule has 7 heteroatoms. The number of carbonyl (C=O) groups excluding carboxylic acids is 1. The van der Waals surface area contributed by atoms with E-state index in [1.807, 2.05) is 22.2 Å². The van der Waals surface area contributed by atoms with E-state index >= 15 is 0 Å². The summed E-state index contributed by atoms with van der Waals surface area (Å²) in [5.41, 5.74) is 0.819. The Morgan fingerprint density at radius 1 is 1.36 bits per heavy atom. The summed E-state index contributed by atoms with van der Waals surface area (Å²) in [4.78, 5) is 17.0. The lowest BCUT2D eigenvalue weighted by molar-refractivity contribution is -0.121. The number of nitrogens with zero attached hydrogens (tertiary/aromatic N) is 2. The van der Waals surface area contributed by atoms with Gasteiger partial charge >= 0.3 is 0 Å². The minimum Gasteiger partial charge on any atom is -0.493 e. The SMILES string of the molecule is O=C(CCOc1ccc(F)cc1)NCc1cn2ccsc2n1. The third-order valence-corrected chi connectivity index (χ3v) is 3.79. The normalized spacial score (nSPS) is 10.8. The maximum atomic E-state index is 12.7. The van der Waals surface area contributed by atoms with Crippen LogP contribution in [0.25, 0.3) is 4.96 Å². The summed E-state index contributed by atoms with van der Waals surface area (Å²) in [5, 5.41) is 4.75. The van der Waals surface area contributed by atoms with Crippen molar-refractivity contribution in [2.75, 3.05) is 6.61 Å². The van der Waals surface area contributed by atoms with Crippen LogP contribution in [0.15, 0.2) is 42.0 Å². The molecule has 0 saturated carbocycles. The molecule has 3 aromatic rings. The van der Waals surface area contributed by atoms with Gasteiger partial charge in [-0.3, -0.25) is 9.20 Å². The summed E-state index contributed by atoms with van der Waals surface area (Å²) in [6.07, 6.45) is 4.05. The number of rotatable bonds is 6. The van der Waals surface area contributed by atoms with Gasteiger partial charge in [-0.25, -0.2) is 9.37 Å². The Morgan fingerprint density at radius 2 is 2.18 bits per heavy atom. The highest BCUT2D eigenvalue weighted by Crippen LogP contribution is 2.12. The van der Waals surface area contributed by atoms with Crippen LogP contribution in [-0.4, -0.2) is 21.9 Å². The van der Waals surface area contributed by atoms with Gasteiger partial charge in [-0.2, -0.15) is 0 Å². The molecule has 114 valence electrons. The Labute approximate surface area is 130 Å². The fourth-order valence-corrected chi connectivity index (χ4v) is 2.65. The molecule has 5 nitrogen and oxygen atoms in total. The highest BCUT2D eigenvalue weighted by atomic mass is 32.1. The number of ether oxygens (including phenoxy) is 1. The van der Waals surface area contributed by atoms with Crippen molar-refractivity contribution in [3.63, 3.8) is 0 Å². The zero-order chi connectivity index (χ0) is 15.4. The number of benzene rings is 1. The van der Waals surface area contributed by atoms with E-state index in [1.54, 1.807) is 11.3 Å². The van der Waals surface area contributed by atoms with Crippen molar-refractivity contribution in [2.45, 2.75) is 13.0 Å². The molecule has 1 amide bonds. The first-order valence-electron chi connectivity index (χ1n) is 6.77. The number of imidazole rings is 1. The molecule has 22 heavy (non-hydrogen) atoms. The largest absolute Gasteiger partial charge is 0.493 e. The number of carbonyl (C=O) groups is 1. The summed E-state index contributed by atoms with van der Waals surface area (Å²) < 4.78 is 20.0. The Kier molecular flexibility index (Phi) is 4.34. The van der Waals surface area contributed by atoms with Crippen LogP contribution in [0, 0.1) is 5.82 Å². The smallest absolute Gasteiger partial charge is 0.223 e. The molecule has 0 fully saturated rings. The van der Waals surface area contributed by atoms with Crippen molar-refractivity contribution in [3.05, 3.63) is 53.6 Å². The number of hydrogen-bond acceptors (Lipinski definition) is 4. The van der Waals surface area contributed by atoms with Crippen LogP contribution in [0.2, 0.25) is 0 Å². The first-order valence-corrected chi connectivity index (χ1v) is 7.65. The molecule has 2 aromatic heterocycles. The molecular weight excluding hydrogens is 305 g/mol. The van der Waals surface area contributed by atoms with Crippen molar-refractivity contribution >= 4 is 22.2 Å². The quantitative estimate of drug-likeness (QED) is 0.760. The van der Waals surface area contributed by atoms with Crippen LogP contribution in [0.4, 0.5) is 4.39 Å². The summed E-state index contributed by atoms with van der Waals surface area (Å²) in [6.45, 7) is 0.638. The molecule has 1 aromatic carbocycles. The molecule has 0 atom stereocenters. The topological polar surface area (TPSA) is 55.6 Å². The highest BCUT2D eigenvalue weighted by molar-refractivity contribution is 7.15. The molecule has 3 rings (SSSR count). The minimum absolute atomic E-state index is 0.113. The maximum Gasteiger partial charge on any atom is 0.223 e. The van der Waals surface area contributed by atoms with E-state index in [9.17, 15) is 9.18 Å². The minimum atomic E-state index is -0.315. The lowest BCUT2D eigenvalue weighted by Gasteiger charge is -2.06. The van der Waals surface area contributed by atoms with Crippen LogP contribution >= 0.6 is 11.3 Å². The molecule has 2 heterocycles. The zero-order valence-corrected chi connectivity index (χ0v) is 12.5. The van der Waals surface area contributed by atoms with Gasteiger partial charge in [0, 0.05) is 17.8 Å². The number of aromatic nitrogens is 2. The Balaban J connectivity index is 1.40. The van der Waals surface area contributed by atoms with E-state index in [1.165, 1.54) is 24.3 Å². The Morgan fingerprint density at radius 3 is 2.95 bits per heavy atom. The standard InChI is InChI=1S/C15H14FN3O2S/c16-11-1-3-13(4-2-11)21-7-5-14(20)17-9-12-10-19-6-8-22-15(19)18-12/h1-4,6,8,10H,5,7,9H2,(H,17,20). The van der Waals surface area contributed by atoms with E-state index in [-0.39, 0.29) is 24.8 Å². The van der Waals surface area contributed by atoms with Gasteiger partial charge in [0.15, 0.2) is 4.96 Å². The van der Waals surface area contributed by atoms with Crippen molar-refractivity contribution in [1.29, 1.82) is 0 Å². The Bertz CT molecular complexity index is 738. The number of thiazole rings is 1. The fourth-order valence-electron chi connectivity index (χ4n) is 1.93. The molecule has 0 aliphatic rings. The van der Waals surface area contributed by atoms with Crippen molar-refractivity contribution in [1.82, 2.24) is 14.7 Å². The van der Waals surface area contributed by atoms with Crippen molar-refractivity contribution in [2.24, 2.45) is 0 Å². The number of fused-ring (bicyclic) bond motifs is 1. The average Bonchev–Trinajstić information content (AvgIpc) is 3.08. The number of hydrogen-bond donors (Lipinski definition) is 1. The van der Waals surface area contributed by atoms with Gasteiger partial charge in [0.05, 0.1) is 25.3 Å². The van der Waals surface area contributed by atoms with Gasteiger partial charge in [0.25, 0.3) is 0 Å². The summed E-state index contributed by atoms with van der Waals surface area (Å²) >= 11 is 1.55. The highest BCUT2D eigenvalue weighted by Gasteiger charge is 2.06. The van der Waals surface area contributed by atoms with Crippen LogP contribution in [0.3, 0.4) is 0 Å². The molecule has 0 saturated heterocycles. The summed E-state index contributed by atoms with van der Waals surface area (Å²) in [7, 11) is 0. The molecule has 0 spiro atoms. The van der Waals surface area contributed by atoms with Gasteiger partial charge in [-0.1, -0.05) is 0 Å².